The average molecular weight is 325 g/mol. The highest BCUT2D eigenvalue weighted by atomic mass is 16.5. The van der Waals surface area contributed by atoms with E-state index in [0.29, 0.717) is 30.2 Å². The molecule has 2 N–H and O–H groups in total. The predicted molar refractivity (Wildman–Crippen MR) is 89.3 cm³/mol. The molecule has 2 aromatic rings. The second-order valence-electron chi connectivity index (χ2n) is 5.56. The van der Waals surface area contributed by atoms with Crippen molar-refractivity contribution in [1.29, 1.82) is 5.26 Å². The number of hydrogen-bond donors (Lipinski definition) is 2. The summed E-state index contributed by atoms with van der Waals surface area (Å²) in [5.74, 6) is 1.31. The number of pyridine rings is 1. The third-order valence-corrected chi connectivity index (χ3v) is 3.48. The van der Waals surface area contributed by atoms with Crippen LogP contribution in [0.15, 0.2) is 36.5 Å². The van der Waals surface area contributed by atoms with Crippen molar-refractivity contribution in [3.63, 3.8) is 0 Å². The standard InChI is InChI=1S/C18H19N3O3/c1-12(2)17-14(8-9-20-18(22)23)4-3-5-15(17)24-16-7-6-13(10-19)11-21-16/h3-7,11-12,20H,8-9H2,1-2H3,(H,22,23). The molecule has 0 unspecified atom stereocenters. The first-order valence-corrected chi connectivity index (χ1v) is 7.64. The van der Waals surface area contributed by atoms with Crippen molar-refractivity contribution in [3.8, 4) is 17.7 Å². The molecule has 1 amide bonds. The Hall–Kier alpha value is -3.07. The van der Waals surface area contributed by atoms with Crippen LogP contribution < -0.4 is 10.1 Å². The minimum absolute atomic E-state index is 0.208. The molecule has 0 atom stereocenters. The van der Waals surface area contributed by atoms with Crippen LogP contribution in [-0.2, 0) is 6.42 Å². The van der Waals surface area contributed by atoms with E-state index in [2.05, 4.69) is 24.1 Å². The van der Waals surface area contributed by atoms with Gasteiger partial charge in [0.25, 0.3) is 0 Å². The summed E-state index contributed by atoms with van der Waals surface area (Å²) in [5, 5.41) is 19.9. The third kappa shape index (κ3) is 4.46. The lowest BCUT2D eigenvalue weighted by Gasteiger charge is -2.18. The van der Waals surface area contributed by atoms with E-state index in [9.17, 15) is 4.79 Å². The molecule has 2 rings (SSSR count). The third-order valence-electron chi connectivity index (χ3n) is 3.48. The minimum Gasteiger partial charge on any atom is -0.465 e. The molecule has 24 heavy (non-hydrogen) atoms. The van der Waals surface area contributed by atoms with E-state index < -0.39 is 6.09 Å². The Kier molecular flexibility index (Phi) is 5.74. The molecule has 0 aliphatic heterocycles. The molecule has 0 aliphatic carbocycles. The van der Waals surface area contributed by atoms with Crippen molar-refractivity contribution in [2.75, 3.05) is 6.54 Å². The molecule has 6 nitrogen and oxygen atoms in total. The number of hydrogen-bond acceptors (Lipinski definition) is 4. The number of nitrogens with zero attached hydrogens (tertiary/aromatic N) is 2. The number of carbonyl (C=O) groups is 1. The molecule has 0 spiro atoms. The summed E-state index contributed by atoms with van der Waals surface area (Å²) in [4.78, 5) is 14.7. The smallest absolute Gasteiger partial charge is 0.404 e. The summed E-state index contributed by atoms with van der Waals surface area (Å²) >= 11 is 0. The fourth-order valence-corrected chi connectivity index (χ4v) is 2.48. The Bertz CT molecular complexity index is 749. The van der Waals surface area contributed by atoms with E-state index in [-0.39, 0.29) is 5.92 Å². The summed E-state index contributed by atoms with van der Waals surface area (Å²) in [6, 6.07) is 11.0. The Morgan fingerprint density at radius 3 is 2.75 bits per heavy atom. The van der Waals surface area contributed by atoms with Crippen LogP contribution in [0.5, 0.6) is 11.6 Å². The van der Waals surface area contributed by atoms with Gasteiger partial charge < -0.3 is 15.2 Å². The molecule has 0 saturated carbocycles. The highest BCUT2D eigenvalue weighted by Crippen LogP contribution is 2.33. The summed E-state index contributed by atoms with van der Waals surface area (Å²) < 4.78 is 5.88. The van der Waals surface area contributed by atoms with Gasteiger partial charge >= 0.3 is 6.09 Å². The zero-order chi connectivity index (χ0) is 17.5. The van der Waals surface area contributed by atoms with Gasteiger partial charge in [0.1, 0.15) is 11.8 Å². The van der Waals surface area contributed by atoms with Gasteiger partial charge in [-0.25, -0.2) is 9.78 Å². The lowest BCUT2D eigenvalue weighted by atomic mass is 9.94. The van der Waals surface area contributed by atoms with E-state index in [1.165, 1.54) is 6.20 Å². The summed E-state index contributed by atoms with van der Waals surface area (Å²) in [6.07, 6.45) is 1.01. The monoisotopic (exact) mass is 325 g/mol. The van der Waals surface area contributed by atoms with E-state index in [1.54, 1.807) is 12.1 Å². The SMILES string of the molecule is CC(C)c1c(CCNC(=O)O)cccc1Oc1ccc(C#N)cn1. The molecule has 1 aromatic heterocycles. The van der Waals surface area contributed by atoms with Gasteiger partial charge in [-0.15, -0.1) is 0 Å². The normalized spacial score (nSPS) is 10.2. The molecule has 0 fully saturated rings. The first kappa shape index (κ1) is 17.3. The fraction of sp³-hybridized carbons (Fsp3) is 0.278. The number of nitrogens with one attached hydrogen (secondary N) is 1. The molecule has 0 radical (unpaired) electrons. The van der Waals surface area contributed by atoms with Gasteiger partial charge in [0.05, 0.1) is 5.56 Å². The maximum absolute atomic E-state index is 10.6. The Morgan fingerprint density at radius 1 is 1.38 bits per heavy atom. The van der Waals surface area contributed by atoms with Crippen LogP contribution in [0.4, 0.5) is 4.79 Å². The van der Waals surface area contributed by atoms with Gasteiger partial charge in [0, 0.05) is 24.4 Å². The van der Waals surface area contributed by atoms with Crippen LogP contribution in [-0.4, -0.2) is 22.7 Å². The molecule has 0 saturated heterocycles. The minimum atomic E-state index is -1.03. The van der Waals surface area contributed by atoms with Crippen LogP contribution in [0.2, 0.25) is 0 Å². The van der Waals surface area contributed by atoms with Crippen molar-refractivity contribution in [3.05, 3.63) is 53.2 Å². The fourth-order valence-electron chi connectivity index (χ4n) is 2.48. The van der Waals surface area contributed by atoms with Crippen LogP contribution in [0.3, 0.4) is 0 Å². The molecular weight excluding hydrogens is 306 g/mol. The Morgan fingerprint density at radius 2 is 2.17 bits per heavy atom. The second-order valence-corrected chi connectivity index (χ2v) is 5.56. The zero-order valence-corrected chi connectivity index (χ0v) is 13.6. The number of aromatic nitrogens is 1. The van der Waals surface area contributed by atoms with E-state index in [4.69, 9.17) is 15.1 Å². The zero-order valence-electron chi connectivity index (χ0n) is 13.6. The number of carboxylic acid groups (broad SMARTS) is 1. The maximum atomic E-state index is 10.6. The van der Waals surface area contributed by atoms with E-state index >= 15 is 0 Å². The first-order valence-electron chi connectivity index (χ1n) is 7.64. The summed E-state index contributed by atoms with van der Waals surface area (Å²) in [7, 11) is 0. The van der Waals surface area contributed by atoms with Crippen molar-refractivity contribution in [2.24, 2.45) is 0 Å². The quantitative estimate of drug-likeness (QED) is 0.844. The van der Waals surface area contributed by atoms with Crippen LogP contribution in [0, 0.1) is 11.3 Å². The van der Waals surface area contributed by atoms with Crippen molar-refractivity contribution in [1.82, 2.24) is 10.3 Å². The van der Waals surface area contributed by atoms with Crippen LogP contribution in [0.25, 0.3) is 0 Å². The van der Waals surface area contributed by atoms with Gasteiger partial charge in [-0.2, -0.15) is 5.26 Å². The van der Waals surface area contributed by atoms with Gasteiger partial charge in [-0.05, 0) is 30.0 Å². The predicted octanol–water partition coefficient (Wildman–Crippen LogP) is 3.68. The van der Waals surface area contributed by atoms with E-state index in [0.717, 1.165) is 11.1 Å². The number of amides is 1. The number of benzene rings is 1. The van der Waals surface area contributed by atoms with Gasteiger partial charge in [0.2, 0.25) is 5.88 Å². The second kappa shape index (κ2) is 7.97. The van der Waals surface area contributed by atoms with E-state index in [1.807, 2.05) is 24.3 Å². The molecular formula is C18H19N3O3. The maximum Gasteiger partial charge on any atom is 0.404 e. The van der Waals surface area contributed by atoms with Crippen LogP contribution >= 0.6 is 0 Å². The average Bonchev–Trinajstić information content (AvgIpc) is 2.55. The van der Waals surface area contributed by atoms with Gasteiger partial charge in [0.15, 0.2) is 0 Å². The topological polar surface area (TPSA) is 95.2 Å². The molecule has 1 heterocycles. The summed E-state index contributed by atoms with van der Waals surface area (Å²) in [6.45, 7) is 4.46. The lowest BCUT2D eigenvalue weighted by Crippen LogP contribution is -2.23. The molecule has 0 aliphatic rings. The van der Waals surface area contributed by atoms with Gasteiger partial charge in [-0.1, -0.05) is 26.0 Å². The van der Waals surface area contributed by atoms with Crippen molar-refractivity contribution in [2.45, 2.75) is 26.2 Å². The van der Waals surface area contributed by atoms with Crippen LogP contribution in [0.1, 0.15) is 36.5 Å². The lowest BCUT2D eigenvalue weighted by molar-refractivity contribution is 0.194. The van der Waals surface area contributed by atoms with Gasteiger partial charge in [-0.3, -0.25) is 0 Å². The molecule has 1 aromatic carbocycles. The molecule has 6 heteroatoms. The molecule has 124 valence electrons. The number of rotatable bonds is 6. The summed E-state index contributed by atoms with van der Waals surface area (Å²) in [5.41, 5.74) is 2.53. The Balaban J connectivity index is 2.24. The van der Waals surface area contributed by atoms with Crippen molar-refractivity contribution < 1.29 is 14.6 Å². The highest BCUT2D eigenvalue weighted by molar-refractivity contribution is 5.64. The number of nitriles is 1. The molecule has 0 bridgehead atoms. The largest absolute Gasteiger partial charge is 0.465 e. The van der Waals surface area contributed by atoms with Crippen molar-refractivity contribution >= 4 is 6.09 Å². The first-order chi connectivity index (χ1) is 11.5. The Labute approximate surface area is 140 Å². The number of ether oxygens (including phenoxy) is 1. The highest BCUT2D eigenvalue weighted by Gasteiger charge is 2.14.